The second-order valence-corrected chi connectivity index (χ2v) is 7.75. The van der Waals surface area contributed by atoms with Gasteiger partial charge in [-0.1, -0.05) is 32.9 Å². The molecule has 4 nitrogen and oxygen atoms in total. The van der Waals surface area contributed by atoms with E-state index in [0.717, 1.165) is 12.8 Å². The van der Waals surface area contributed by atoms with Crippen molar-refractivity contribution in [2.45, 2.75) is 45.8 Å². The zero-order valence-electron chi connectivity index (χ0n) is 13.2. The maximum absolute atomic E-state index is 12.7. The summed E-state index contributed by atoms with van der Waals surface area (Å²) < 4.78 is 0. The van der Waals surface area contributed by atoms with Gasteiger partial charge in [-0.15, -0.1) is 0 Å². The van der Waals surface area contributed by atoms with Gasteiger partial charge in [0.25, 0.3) is 11.8 Å². The van der Waals surface area contributed by atoms with Crippen LogP contribution in [0, 0.1) is 16.7 Å². The lowest BCUT2D eigenvalue weighted by Gasteiger charge is -2.38. The fourth-order valence-corrected chi connectivity index (χ4v) is 5.09. The van der Waals surface area contributed by atoms with Crippen molar-refractivity contribution < 1.29 is 14.7 Å². The van der Waals surface area contributed by atoms with E-state index in [-0.39, 0.29) is 28.6 Å². The zero-order chi connectivity index (χ0) is 15.9. The lowest BCUT2D eigenvalue weighted by Crippen LogP contribution is -2.51. The maximum atomic E-state index is 12.7. The molecule has 22 heavy (non-hydrogen) atoms. The Morgan fingerprint density at radius 1 is 1.09 bits per heavy atom. The summed E-state index contributed by atoms with van der Waals surface area (Å²) >= 11 is 0. The molecule has 0 spiro atoms. The molecule has 2 bridgehead atoms. The summed E-state index contributed by atoms with van der Waals surface area (Å²) in [4.78, 5) is 26.8. The summed E-state index contributed by atoms with van der Waals surface area (Å²) in [5.41, 5.74) is 0.611. The average Bonchev–Trinajstić information content (AvgIpc) is 2.93. The number of imide groups is 1. The van der Waals surface area contributed by atoms with Crippen LogP contribution in [0.4, 0.5) is 0 Å². The Balaban J connectivity index is 1.79. The quantitative estimate of drug-likeness (QED) is 0.810. The third kappa shape index (κ3) is 1.33. The number of carbonyl (C=O) groups is 2. The van der Waals surface area contributed by atoms with Gasteiger partial charge in [0.15, 0.2) is 0 Å². The van der Waals surface area contributed by atoms with Crippen LogP contribution in [-0.4, -0.2) is 34.0 Å². The van der Waals surface area contributed by atoms with Crippen molar-refractivity contribution in [1.82, 2.24) is 4.90 Å². The topological polar surface area (TPSA) is 57.6 Å². The van der Waals surface area contributed by atoms with E-state index in [2.05, 4.69) is 20.8 Å². The molecular formula is C18H21NO3. The van der Waals surface area contributed by atoms with Crippen molar-refractivity contribution in [3.05, 3.63) is 35.4 Å². The van der Waals surface area contributed by atoms with Crippen molar-refractivity contribution in [3.8, 4) is 0 Å². The minimum atomic E-state index is -0.650. The molecule has 2 aliphatic carbocycles. The highest BCUT2D eigenvalue weighted by atomic mass is 16.3. The van der Waals surface area contributed by atoms with Gasteiger partial charge in [-0.3, -0.25) is 14.5 Å². The molecule has 1 aromatic rings. The highest BCUT2D eigenvalue weighted by Crippen LogP contribution is 2.66. The molecule has 1 N–H and O–H groups in total. The summed E-state index contributed by atoms with van der Waals surface area (Å²) in [5, 5.41) is 10.9. The molecule has 2 saturated carbocycles. The number of amides is 2. The Bertz CT molecular complexity index is 660. The molecule has 1 aliphatic heterocycles. The van der Waals surface area contributed by atoms with Crippen molar-refractivity contribution in [2.24, 2.45) is 16.7 Å². The minimum absolute atomic E-state index is 0.0770. The second kappa shape index (κ2) is 3.99. The van der Waals surface area contributed by atoms with E-state index in [4.69, 9.17) is 0 Å². The monoisotopic (exact) mass is 299 g/mol. The molecule has 4 rings (SSSR count). The van der Waals surface area contributed by atoms with E-state index in [9.17, 15) is 14.7 Å². The summed E-state index contributed by atoms with van der Waals surface area (Å²) in [6.07, 6.45) is 1.26. The molecular weight excluding hydrogens is 278 g/mol. The standard InChI is InChI=1S/C18H21NO3/c1-17(2)12-8-9-18(17,3)14(20)13(12)19-15(21)10-6-4-5-7-11(10)16(19)22/h4-7,12-14,20H,8-9H2,1-3H3/t12?,13-,14-,18?/m1/s1. The fourth-order valence-electron chi connectivity index (χ4n) is 5.09. The Hall–Kier alpha value is -1.68. The molecule has 0 radical (unpaired) electrons. The van der Waals surface area contributed by atoms with Crippen LogP contribution in [0.5, 0.6) is 0 Å². The SMILES string of the molecule is CC1(C)C2CCC1(C)[C@H](O)[C@@H]2N1C(=O)c2ccccc2C1=O. The first-order chi connectivity index (χ1) is 10.3. The normalized spacial score (nSPS) is 38.7. The van der Waals surface area contributed by atoms with Gasteiger partial charge in [-0.25, -0.2) is 0 Å². The van der Waals surface area contributed by atoms with E-state index < -0.39 is 12.1 Å². The van der Waals surface area contributed by atoms with Gasteiger partial charge in [0.1, 0.15) is 0 Å². The Morgan fingerprint density at radius 2 is 1.64 bits per heavy atom. The summed E-state index contributed by atoms with van der Waals surface area (Å²) in [5.74, 6) is -0.345. The highest BCUT2D eigenvalue weighted by Gasteiger charge is 2.68. The van der Waals surface area contributed by atoms with Crippen LogP contribution in [0.1, 0.15) is 54.3 Å². The van der Waals surface area contributed by atoms with Gasteiger partial charge in [0.2, 0.25) is 0 Å². The van der Waals surface area contributed by atoms with E-state index in [1.165, 1.54) is 4.90 Å². The van der Waals surface area contributed by atoms with Gasteiger partial charge < -0.3 is 5.11 Å². The molecule has 1 aromatic carbocycles. The summed E-state index contributed by atoms with van der Waals surface area (Å²) in [6.45, 7) is 6.41. The van der Waals surface area contributed by atoms with E-state index in [1.807, 2.05) is 0 Å². The average molecular weight is 299 g/mol. The number of fused-ring (bicyclic) bond motifs is 3. The summed E-state index contributed by atoms with van der Waals surface area (Å²) in [7, 11) is 0. The van der Waals surface area contributed by atoms with Gasteiger partial charge in [-0.05, 0) is 36.3 Å². The van der Waals surface area contributed by atoms with E-state index >= 15 is 0 Å². The number of nitrogens with zero attached hydrogens (tertiary/aromatic N) is 1. The summed E-state index contributed by atoms with van der Waals surface area (Å²) in [6, 6.07) is 6.54. The van der Waals surface area contributed by atoms with Crippen LogP contribution in [0.3, 0.4) is 0 Å². The van der Waals surface area contributed by atoms with Crippen LogP contribution in [0.25, 0.3) is 0 Å². The first-order valence-electron chi connectivity index (χ1n) is 7.96. The van der Waals surface area contributed by atoms with Crippen molar-refractivity contribution >= 4 is 11.8 Å². The molecule has 0 aromatic heterocycles. The first kappa shape index (κ1) is 13.9. The van der Waals surface area contributed by atoms with Gasteiger partial charge in [-0.2, -0.15) is 0 Å². The van der Waals surface area contributed by atoms with Crippen LogP contribution in [-0.2, 0) is 0 Å². The van der Waals surface area contributed by atoms with Crippen LogP contribution < -0.4 is 0 Å². The number of aliphatic hydroxyl groups excluding tert-OH is 1. The van der Waals surface area contributed by atoms with Gasteiger partial charge in [0, 0.05) is 5.41 Å². The number of hydrogen-bond acceptors (Lipinski definition) is 3. The maximum Gasteiger partial charge on any atom is 0.261 e. The lowest BCUT2D eigenvalue weighted by atomic mass is 9.70. The molecule has 2 unspecified atom stereocenters. The Kier molecular flexibility index (Phi) is 2.53. The zero-order valence-corrected chi connectivity index (χ0v) is 13.2. The van der Waals surface area contributed by atoms with Crippen LogP contribution in [0.2, 0.25) is 0 Å². The lowest BCUT2D eigenvalue weighted by molar-refractivity contribution is -0.0205. The van der Waals surface area contributed by atoms with Gasteiger partial charge >= 0.3 is 0 Å². The smallest absolute Gasteiger partial charge is 0.261 e. The number of rotatable bonds is 1. The number of hydrogen-bond donors (Lipinski definition) is 1. The number of benzene rings is 1. The highest BCUT2D eigenvalue weighted by molar-refractivity contribution is 6.21. The van der Waals surface area contributed by atoms with Gasteiger partial charge in [0.05, 0.1) is 23.3 Å². The van der Waals surface area contributed by atoms with Crippen molar-refractivity contribution in [2.75, 3.05) is 0 Å². The van der Waals surface area contributed by atoms with E-state index in [1.54, 1.807) is 24.3 Å². The molecule has 4 atom stereocenters. The van der Waals surface area contributed by atoms with Crippen molar-refractivity contribution in [1.29, 1.82) is 0 Å². The number of carbonyl (C=O) groups excluding carboxylic acids is 2. The minimum Gasteiger partial charge on any atom is -0.390 e. The second-order valence-electron chi connectivity index (χ2n) is 7.75. The molecule has 116 valence electrons. The predicted molar refractivity (Wildman–Crippen MR) is 81.3 cm³/mol. The third-order valence-corrected chi connectivity index (χ3v) is 6.89. The van der Waals surface area contributed by atoms with Crippen LogP contribution in [0.15, 0.2) is 24.3 Å². The molecule has 1 heterocycles. The van der Waals surface area contributed by atoms with E-state index in [0.29, 0.717) is 11.1 Å². The number of aliphatic hydroxyl groups is 1. The first-order valence-corrected chi connectivity index (χ1v) is 7.96. The van der Waals surface area contributed by atoms with Crippen LogP contribution >= 0.6 is 0 Å². The Morgan fingerprint density at radius 3 is 2.09 bits per heavy atom. The Labute approximate surface area is 130 Å². The largest absolute Gasteiger partial charge is 0.390 e. The molecule has 2 amide bonds. The molecule has 0 saturated heterocycles. The van der Waals surface area contributed by atoms with Crippen molar-refractivity contribution in [3.63, 3.8) is 0 Å². The fraction of sp³-hybridized carbons (Fsp3) is 0.556. The molecule has 4 heteroatoms. The molecule has 3 aliphatic rings. The molecule has 2 fully saturated rings. The predicted octanol–water partition coefficient (Wildman–Crippen LogP) is 2.47. The third-order valence-electron chi connectivity index (χ3n) is 6.89.